The van der Waals surface area contributed by atoms with Gasteiger partial charge in [0.05, 0.1) is 11.6 Å². The molecular formula is C11H18N2O4. The molecule has 0 bridgehead atoms. The van der Waals surface area contributed by atoms with Gasteiger partial charge in [0.25, 0.3) is 0 Å². The SMILES string of the molecule is CN1CCC(N2CC(C)(OCC(=O)O)C2)C1=O. The summed E-state index contributed by atoms with van der Waals surface area (Å²) in [6.07, 6.45) is 0.852. The number of carbonyl (C=O) groups excluding carboxylic acids is 1. The fourth-order valence-corrected chi connectivity index (χ4v) is 2.50. The van der Waals surface area contributed by atoms with Crippen LogP contribution in [0.2, 0.25) is 0 Å². The van der Waals surface area contributed by atoms with Gasteiger partial charge in [0.1, 0.15) is 6.61 Å². The third-order valence-corrected chi connectivity index (χ3v) is 3.46. The van der Waals surface area contributed by atoms with E-state index in [0.717, 1.165) is 13.0 Å². The molecule has 0 saturated carbocycles. The molecule has 1 amide bonds. The predicted molar refractivity (Wildman–Crippen MR) is 59.6 cm³/mol. The largest absolute Gasteiger partial charge is 0.480 e. The van der Waals surface area contributed by atoms with Crippen LogP contribution in [0.1, 0.15) is 13.3 Å². The molecule has 2 aliphatic heterocycles. The van der Waals surface area contributed by atoms with Gasteiger partial charge in [0.15, 0.2) is 0 Å². The van der Waals surface area contributed by atoms with Gasteiger partial charge in [-0.2, -0.15) is 0 Å². The van der Waals surface area contributed by atoms with Crippen LogP contribution in [0.15, 0.2) is 0 Å². The number of likely N-dealkylation sites (tertiary alicyclic amines) is 2. The van der Waals surface area contributed by atoms with Gasteiger partial charge in [-0.15, -0.1) is 0 Å². The number of ether oxygens (including phenoxy) is 1. The molecule has 2 heterocycles. The molecule has 0 aliphatic carbocycles. The molecule has 1 atom stereocenters. The fourth-order valence-electron chi connectivity index (χ4n) is 2.50. The lowest BCUT2D eigenvalue weighted by atomic mass is 9.93. The number of likely N-dealkylation sites (N-methyl/N-ethyl adjacent to an activating group) is 1. The Morgan fingerprint density at radius 2 is 2.24 bits per heavy atom. The zero-order chi connectivity index (χ0) is 12.6. The van der Waals surface area contributed by atoms with Crippen molar-refractivity contribution < 1.29 is 19.4 Å². The van der Waals surface area contributed by atoms with E-state index >= 15 is 0 Å². The van der Waals surface area contributed by atoms with Gasteiger partial charge in [-0.25, -0.2) is 4.79 Å². The number of carboxylic acid groups (broad SMARTS) is 1. The van der Waals surface area contributed by atoms with Crippen LogP contribution >= 0.6 is 0 Å². The summed E-state index contributed by atoms with van der Waals surface area (Å²) in [6, 6.07) is -0.0403. The summed E-state index contributed by atoms with van der Waals surface area (Å²) in [5.41, 5.74) is -0.417. The first-order valence-corrected chi connectivity index (χ1v) is 5.76. The lowest BCUT2D eigenvalue weighted by Gasteiger charge is -2.49. The van der Waals surface area contributed by atoms with Crippen LogP contribution in [0.25, 0.3) is 0 Å². The highest BCUT2D eigenvalue weighted by atomic mass is 16.5. The van der Waals surface area contributed by atoms with E-state index in [1.807, 2.05) is 14.0 Å². The van der Waals surface area contributed by atoms with Crippen LogP contribution in [0, 0.1) is 0 Å². The molecule has 2 saturated heterocycles. The minimum Gasteiger partial charge on any atom is -0.480 e. The molecule has 0 aromatic heterocycles. The summed E-state index contributed by atoms with van der Waals surface area (Å²) >= 11 is 0. The van der Waals surface area contributed by atoms with E-state index in [1.165, 1.54) is 0 Å². The number of hydrogen-bond acceptors (Lipinski definition) is 4. The molecule has 6 heteroatoms. The number of amides is 1. The number of carbonyl (C=O) groups is 2. The Labute approximate surface area is 100 Å². The summed E-state index contributed by atoms with van der Waals surface area (Å²) in [4.78, 5) is 26.0. The van der Waals surface area contributed by atoms with Crippen LogP contribution in [0.4, 0.5) is 0 Å². The van der Waals surface area contributed by atoms with Crippen molar-refractivity contribution in [3.63, 3.8) is 0 Å². The molecule has 96 valence electrons. The molecule has 2 fully saturated rings. The number of aliphatic carboxylic acids is 1. The van der Waals surface area contributed by atoms with Crippen molar-refractivity contribution in [1.29, 1.82) is 0 Å². The molecule has 0 aromatic carbocycles. The van der Waals surface area contributed by atoms with Crippen molar-refractivity contribution >= 4 is 11.9 Å². The van der Waals surface area contributed by atoms with E-state index in [-0.39, 0.29) is 18.6 Å². The summed E-state index contributed by atoms with van der Waals surface area (Å²) in [6.45, 7) is 3.67. The van der Waals surface area contributed by atoms with Crippen LogP contribution in [-0.4, -0.2) is 71.7 Å². The van der Waals surface area contributed by atoms with Crippen molar-refractivity contribution in [3.05, 3.63) is 0 Å². The molecule has 1 N–H and O–H groups in total. The van der Waals surface area contributed by atoms with Gasteiger partial charge in [-0.3, -0.25) is 9.69 Å². The molecule has 2 aliphatic rings. The van der Waals surface area contributed by atoms with Gasteiger partial charge in [-0.05, 0) is 13.3 Å². The standard InChI is InChI=1S/C11H18N2O4/c1-11(17-5-9(14)15)6-13(7-11)8-3-4-12(2)10(8)16/h8H,3-7H2,1-2H3,(H,14,15). The van der Waals surface area contributed by atoms with Crippen molar-refractivity contribution in [3.8, 4) is 0 Å². The van der Waals surface area contributed by atoms with Crippen LogP contribution in [-0.2, 0) is 14.3 Å². The molecule has 0 spiro atoms. The highest BCUT2D eigenvalue weighted by Crippen LogP contribution is 2.30. The lowest BCUT2D eigenvalue weighted by molar-refractivity contribution is -0.172. The van der Waals surface area contributed by atoms with Gasteiger partial charge in [0, 0.05) is 26.7 Å². The zero-order valence-corrected chi connectivity index (χ0v) is 10.2. The van der Waals surface area contributed by atoms with Crippen LogP contribution in [0.3, 0.4) is 0 Å². The Hall–Kier alpha value is -1.14. The lowest BCUT2D eigenvalue weighted by Crippen LogP contribution is -2.65. The Morgan fingerprint density at radius 1 is 1.59 bits per heavy atom. The van der Waals surface area contributed by atoms with Crippen molar-refractivity contribution in [2.45, 2.75) is 25.0 Å². The molecule has 6 nitrogen and oxygen atoms in total. The van der Waals surface area contributed by atoms with E-state index in [0.29, 0.717) is 13.1 Å². The van der Waals surface area contributed by atoms with Crippen molar-refractivity contribution in [2.24, 2.45) is 0 Å². The van der Waals surface area contributed by atoms with Gasteiger partial charge >= 0.3 is 5.97 Å². The van der Waals surface area contributed by atoms with Gasteiger partial charge < -0.3 is 14.7 Å². The van der Waals surface area contributed by atoms with E-state index in [4.69, 9.17) is 9.84 Å². The maximum Gasteiger partial charge on any atom is 0.329 e. The quantitative estimate of drug-likeness (QED) is 0.712. The monoisotopic (exact) mass is 242 g/mol. The third-order valence-electron chi connectivity index (χ3n) is 3.46. The maximum absolute atomic E-state index is 11.8. The van der Waals surface area contributed by atoms with Crippen molar-refractivity contribution in [1.82, 2.24) is 9.80 Å². The smallest absolute Gasteiger partial charge is 0.329 e. The van der Waals surface area contributed by atoms with E-state index < -0.39 is 11.6 Å². The molecule has 0 aromatic rings. The Balaban J connectivity index is 1.82. The number of nitrogens with zero attached hydrogens (tertiary/aromatic N) is 2. The van der Waals surface area contributed by atoms with Gasteiger partial charge in [0.2, 0.25) is 5.91 Å². The summed E-state index contributed by atoms with van der Waals surface area (Å²) < 4.78 is 5.31. The van der Waals surface area contributed by atoms with Crippen LogP contribution in [0.5, 0.6) is 0 Å². The average molecular weight is 242 g/mol. The highest BCUT2D eigenvalue weighted by molar-refractivity contribution is 5.83. The average Bonchev–Trinajstić information content (AvgIpc) is 2.53. The summed E-state index contributed by atoms with van der Waals surface area (Å²) in [5.74, 6) is -0.799. The molecule has 17 heavy (non-hydrogen) atoms. The predicted octanol–water partition coefficient (Wildman–Crippen LogP) is -0.607. The summed E-state index contributed by atoms with van der Waals surface area (Å²) in [7, 11) is 1.81. The highest BCUT2D eigenvalue weighted by Gasteiger charge is 2.47. The summed E-state index contributed by atoms with van der Waals surface area (Å²) in [5, 5.41) is 8.55. The van der Waals surface area contributed by atoms with E-state index in [2.05, 4.69) is 4.90 Å². The first-order chi connectivity index (χ1) is 7.91. The van der Waals surface area contributed by atoms with E-state index in [9.17, 15) is 9.59 Å². The molecular weight excluding hydrogens is 224 g/mol. The topological polar surface area (TPSA) is 70.1 Å². The zero-order valence-electron chi connectivity index (χ0n) is 10.2. The number of carboxylic acids is 1. The third kappa shape index (κ3) is 2.42. The normalized spacial score (nSPS) is 28.2. The van der Waals surface area contributed by atoms with E-state index in [1.54, 1.807) is 4.90 Å². The Kier molecular flexibility index (Phi) is 3.09. The number of rotatable bonds is 4. The maximum atomic E-state index is 11.8. The van der Waals surface area contributed by atoms with Crippen LogP contribution < -0.4 is 0 Å². The first kappa shape index (κ1) is 12.3. The minimum atomic E-state index is -0.957. The Bertz CT molecular complexity index is 338. The van der Waals surface area contributed by atoms with Crippen molar-refractivity contribution in [2.75, 3.05) is 33.3 Å². The molecule has 2 rings (SSSR count). The van der Waals surface area contributed by atoms with Gasteiger partial charge in [-0.1, -0.05) is 0 Å². The second kappa shape index (κ2) is 4.27. The molecule has 1 unspecified atom stereocenters. The second-order valence-corrected chi connectivity index (χ2v) is 5.10. The second-order valence-electron chi connectivity index (χ2n) is 5.10. The Morgan fingerprint density at radius 3 is 2.71 bits per heavy atom. The minimum absolute atomic E-state index is 0.0403. The fraction of sp³-hybridized carbons (Fsp3) is 0.818. The number of hydrogen-bond donors (Lipinski definition) is 1. The first-order valence-electron chi connectivity index (χ1n) is 5.76. The molecule has 0 radical (unpaired) electrons.